The lowest BCUT2D eigenvalue weighted by Gasteiger charge is -2.06. The van der Waals surface area contributed by atoms with Crippen molar-refractivity contribution in [2.45, 2.75) is 0 Å². The second-order valence-electron chi connectivity index (χ2n) is 5.13. The molecule has 0 spiro atoms. The zero-order valence-electron chi connectivity index (χ0n) is 12.6. The molecule has 25 heavy (non-hydrogen) atoms. The van der Waals surface area contributed by atoms with Gasteiger partial charge in [0.25, 0.3) is 5.91 Å². The van der Waals surface area contributed by atoms with Crippen molar-refractivity contribution in [1.29, 1.82) is 0 Å². The normalized spacial score (nSPS) is 10.5. The number of hydrogen-bond acceptors (Lipinski definition) is 3. The number of halogens is 2. The number of anilines is 1. The van der Waals surface area contributed by atoms with Crippen LogP contribution in [0.1, 0.15) is 20.7 Å². The molecule has 0 aliphatic rings. The van der Waals surface area contributed by atoms with Crippen molar-refractivity contribution in [3.8, 4) is 11.1 Å². The van der Waals surface area contributed by atoms with Crippen LogP contribution in [0, 0.1) is 3.57 Å². The number of amides is 1. The number of carboxylic acid groups (broad SMARTS) is 1. The predicted octanol–water partition coefficient (Wildman–Crippen LogP) is 5.73. The van der Waals surface area contributed by atoms with Gasteiger partial charge in [0.05, 0.1) is 0 Å². The molecule has 7 heteroatoms. The topological polar surface area (TPSA) is 66.4 Å². The van der Waals surface area contributed by atoms with E-state index in [1.165, 1.54) is 11.3 Å². The Morgan fingerprint density at radius 2 is 1.68 bits per heavy atom. The number of carboxylic acids is 1. The maximum absolute atomic E-state index is 12.4. The molecule has 0 saturated heterocycles. The Balaban J connectivity index is 1.94. The van der Waals surface area contributed by atoms with Gasteiger partial charge in [-0.15, -0.1) is 11.3 Å². The van der Waals surface area contributed by atoms with Gasteiger partial charge in [0.1, 0.15) is 10.6 Å². The van der Waals surface area contributed by atoms with Crippen molar-refractivity contribution < 1.29 is 14.7 Å². The number of carbonyl (C=O) groups is 2. The third-order valence-electron chi connectivity index (χ3n) is 3.49. The Kier molecular flexibility index (Phi) is 5.55. The average Bonchev–Trinajstić information content (AvgIpc) is 3.00. The molecule has 3 aromatic rings. The zero-order chi connectivity index (χ0) is 18.0. The van der Waals surface area contributed by atoms with E-state index in [0.29, 0.717) is 16.1 Å². The van der Waals surface area contributed by atoms with Crippen LogP contribution in [-0.4, -0.2) is 17.0 Å². The van der Waals surface area contributed by atoms with Crippen molar-refractivity contribution in [3.05, 3.63) is 73.1 Å². The number of rotatable bonds is 4. The molecule has 4 nitrogen and oxygen atoms in total. The summed E-state index contributed by atoms with van der Waals surface area (Å²) in [6.45, 7) is 0. The van der Waals surface area contributed by atoms with Crippen LogP contribution in [0.15, 0.2) is 58.4 Å². The molecule has 0 radical (unpaired) electrons. The van der Waals surface area contributed by atoms with Gasteiger partial charge in [-0.3, -0.25) is 4.79 Å². The van der Waals surface area contributed by atoms with Crippen molar-refractivity contribution in [2.75, 3.05) is 5.32 Å². The van der Waals surface area contributed by atoms with Gasteiger partial charge in [0, 0.05) is 24.5 Å². The number of benzene rings is 2. The third-order valence-corrected chi connectivity index (χ3v) is 5.64. The van der Waals surface area contributed by atoms with E-state index in [1.807, 2.05) is 36.4 Å². The van der Waals surface area contributed by atoms with Crippen LogP contribution in [0.25, 0.3) is 11.1 Å². The van der Waals surface area contributed by atoms with Crippen LogP contribution < -0.4 is 5.32 Å². The largest absolute Gasteiger partial charge is 0.478 e. The molecule has 0 aliphatic carbocycles. The van der Waals surface area contributed by atoms with E-state index in [1.54, 1.807) is 17.5 Å². The molecular weight excluding hydrogens is 517 g/mol. The van der Waals surface area contributed by atoms with Gasteiger partial charge < -0.3 is 10.4 Å². The van der Waals surface area contributed by atoms with Crippen LogP contribution in [-0.2, 0) is 0 Å². The molecule has 0 saturated carbocycles. The van der Waals surface area contributed by atoms with E-state index in [0.717, 1.165) is 13.6 Å². The fraction of sp³-hybridized carbons (Fsp3) is 0. The Bertz CT molecular complexity index is 936. The number of carbonyl (C=O) groups excluding carboxylic acids is 1. The van der Waals surface area contributed by atoms with E-state index < -0.39 is 5.97 Å². The first-order valence-electron chi connectivity index (χ1n) is 7.13. The first-order chi connectivity index (χ1) is 12.0. The highest BCUT2D eigenvalue weighted by Crippen LogP contribution is 2.36. The summed E-state index contributed by atoms with van der Waals surface area (Å²) in [5.74, 6) is -1.40. The molecule has 0 fully saturated rings. The van der Waals surface area contributed by atoms with Gasteiger partial charge in [0.15, 0.2) is 0 Å². The Morgan fingerprint density at radius 1 is 1.04 bits per heavy atom. The SMILES string of the molecule is O=C(Nc1scc(-c2ccc(Br)cc2)c1C(=O)O)c1ccc(I)cc1. The fourth-order valence-corrected chi connectivity index (χ4v) is 3.86. The van der Waals surface area contributed by atoms with Crippen molar-refractivity contribution in [3.63, 3.8) is 0 Å². The van der Waals surface area contributed by atoms with Crippen LogP contribution in [0.5, 0.6) is 0 Å². The first-order valence-corrected chi connectivity index (χ1v) is 9.88. The van der Waals surface area contributed by atoms with Crippen LogP contribution in [0.3, 0.4) is 0 Å². The lowest BCUT2D eigenvalue weighted by Crippen LogP contribution is -2.13. The van der Waals surface area contributed by atoms with Gasteiger partial charge in [-0.1, -0.05) is 28.1 Å². The van der Waals surface area contributed by atoms with Crippen LogP contribution in [0.4, 0.5) is 5.00 Å². The average molecular weight is 528 g/mol. The highest BCUT2D eigenvalue weighted by Gasteiger charge is 2.21. The second kappa shape index (κ2) is 7.67. The van der Waals surface area contributed by atoms with Gasteiger partial charge in [0.2, 0.25) is 0 Å². The van der Waals surface area contributed by atoms with E-state index in [-0.39, 0.29) is 11.5 Å². The van der Waals surface area contributed by atoms with E-state index in [2.05, 4.69) is 43.8 Å². The van der Waals surface area contributed by atoms with E-state index in [4.69, 9.17) is 0 Å². The Labute approximate surface area is 170 Å². The first kappa shape index (κ1) is 18.1. The maximum atomic E-state index is 12.4. The molecule has 1 amide bonds. The minimum Gasteiger partial charge on any atom is -0.478 e. The van der Waals surface area contributed by atoms with Crippen LogP contribution >= 0.6 is 49.9 Å². The summed E-state index contributed by atoms with van der Waals surface area (Å²) in [4.78, 5) is 24.1. The van der Waals surface area contributed by atoms with Crippen molar-refractivity contribution in [1.82, 2.24) is 0 Å². The molecule has 0 atom stereocenters. The number of nitrogens with one attached hydrogen (secondary N) is 1. The van der Waals surface area contributed by atoms with Crippen molar-refractivity contribution in [2.24, 2.45) is 0 Å². The molecule has 3 rings (SSSR count). The number of hydrogen-bond donors (Lipinski definition) is 2. The molecule has 1 heterocycles. The Hall–Kier alpha value is -1.71. The van der Waals surface area contributed by atoms with E-state index in [9.17, 15) is 14.7 Å². The molecule has 1 aromatic heterocycles. The lowest BCUT2D eigenvalue weighted by molar-refractivity contribution is 0.0699. The van der Waals surface area contributed by atoms with Crippen molar-refractivity contribution >= 4 is 66.7 Å². The zero-order valence-corrected chi connectivity index (χ0v) is 17.2. The Morgan fingerprint density at radius 3 is 2.28 bits per heavy atom. The molecule has 0 bridgehead atoms. The minimum atomic E-state index is -1.07. The molecule has 0 unspecified atom stereocenters. The standard InChI is InChI=1S/C18H11BrINO3S/c19-12-5-1-10(2-6-12)14-9-25-17(15(14)18(23)24)21-16(22)11-3-7-13(20)8-4-11/h1-9H,(H,21,22)(H,23,24). The maximum Gasteiger partial charge on any atom is 0.339 e. The second-order valence-corrected chi connectivity index (χ2v) is 8.17. The summed E-state index contributed by atoms with van der Waals surface area (Å²) in [6.07, 6.45) is 0. The molecule has 0 aliphatic heterocycles. The molecule has 2 aromatic carbocycles. The number of thiophene rings is 1. The van der Waals surface area contributed by atoms with Gasteiger partial charge in [-0.2, -0.15) is 0 Å². The fourth-order valence-electron chi connectivity index (χ4n) is 2.28. The third kappa shape index (κ3) is 4.10. The molecule has 2 N–H and O–H groups in total. The minimum absolute atomic E-state index is 0.103. The highest BCUT2D eigenvalue weighted by atomic mass is 127. The monoisotopic (exact) mass is 527 g/mol. The molecule has 126 valence electrons. The van der Waals surface area contributed by atoms with Crippen LogP contribution in [0.2, 0.25) is 0 Å². The van der Waals surface area contributed by atoms with E-state index >= 15 is 0 Å². The summed E-state index contributed by atoms with van der Waals surface area (Å²) in [5.41, 5.74) is 1.95. The van der Waals surface area contributed by atoms with Gasteiger partial charge in [-0.25, -0.2) is 4.79 Å². The highest BCUT2D eigenvalue weighted by molar-refractivity contribution is 14.1. The predicted molar refractivity (Wildman–Crippen MR) is 112 cm³/mol. The summed E-state index contributed by atoms with van der Waals surface area (Å²) in [6, 6.07) is 14.4. The number of aromatic carboxylic acids is 1. The quantitative estimate of drug-likeness (QED) is 0.426. The summed E-state index contributed by atoms with van der Waals surface area (Å²) in [5, 5.41) is 14.4. The molecular formula is C18H11BrINO3S. The lowest BCUT2D eigenvalue weighted by atomic mass is 10.0. The summed E-state index contributed by atoms with van der Waals surface area (Å²) in [7, 11) is 0. The summed E-state index contributed by atoms with van der Waals surface area (Å²) >= 11 is 6.73. The van der Waals surface area contributed by atoms with Gasteiger partial charge in [-0.05, 0) is 64.6 Å². The summed E-state index contributed by atoms with van der Waals surface area (Å²) < 4.78 is 1.93. The van der Waals surface area contributed by atoms with Gasteiger partial charge >= 0.3 is 5.97 Å². The smallest absolute Gasteiger partial charge is 0.339 e.